The van der Waals surface area contributed by atoms with E-state index in [2.05, 4.69) is 9.88 Å². The molecule has 0 radical (unpaired) electrons. The predicted octanol–water partition coefficient (Wildman–Crippen LogP) is 2.56. The average Bonchev–Trinajstić information content (AvgIpc) is 2.95. The molecule has 0 saturated carbocycles. The highest BCUT2D eigenvalue weighted by atomic mass is 16.7. The Morgan fingerprint density at radius 3 is 2.81 bits per heavy atom. The lowest BCUT2D eigenvalue weighted by molar-refractivity contribution is 0.174. The summed E-state index contributed by atoms with van der Waals surface area (Å²) < 4.78 is 10.9. The van der Waals surface area contributed by atoms with Gasteiger partial charge in [0.2, 0.25) is 6.79 Å². The maximum absolute atomic E-state index is 8.83. The van der Waals surface area contributed by atoms with Gasteiger partial charge in [0, 0.05) is 31.8 Å². The van der Waals surface area contributed by atoms with Crippen LogP contribution < -0.4 is 14.4 Å². The first kappa shape index (κ1) is 13.9. The third-order valence-corrected chi connectivity index (χ3v) is 3.75. The maximum Gasteiger partial charge on any atom is 0.231 e. The van der Waals surface area contributed by atoms with Crippen LogP contribution in [-0.4, -0.2) is 37.1 Å². The van der Waals surface area contributed by atoms with Crippen molar-refractivity contribution < 1.29 is 14.6 Å². The van der Waals surface area contributed by atoms with E-state index in [1.54, 1.807) is 0 Å². The van der Waals surface area contributed by atoms with Crippen molar-refractivity contribution in [1.29, 1.82) is 0 Å². The lowest BCUT2D eigenvalue weighted by atomic mass is 10.1. The van der Waals surface area contributed by atoms with Gasteiger partial charge in [-0.15, -0.1) is 0 Å². The van der Waals surface area contributed by atoms with Gasteiger partial charge in [0.25, 0.3) is 0 Å². The predicted molar refractivity (Wildman–Crippen MR) is 82.1 cm³/mol. The van der Waals surface area contributed by atoms with Gasteiger partial charge >= 0.3 is 0 Å². The molecule has 5 heteroatoms. The summed E-state index contributed by atoms with van der Waals surface area (Å²) in [6.07, 6.45) is 4.75. The van der Waals surface area contributed by atoms with E-state index >= 15 is 0 Å². The van der Waals surface area contributed by atoms with E-state index in [9.17, 15) is 0 Å². The molecule has 0 atom stereocenters. The van der Waals surface area contributed by atoms with Crippen LogP contribution in [0.25, 0.3) is 10.8 Å². The topological polar surface area (TPSA) is 54.8 Å². The molecule has 1 N–H and O–H groups in total. The van der Waals surface area contributed by atoms with Gasteiger partial charge in [0.15, 0.2) is 11.5 Å². The molecule has 0 bridgehead atoms. The summed E-state index contributed by atoms with van der Waals surface area (Å²) in [6.45, 7) is 1.46. The number of fused-ring (bicyclic) bond motifs is 2. The zero-order valence-electron chi connectivity index (χ0n) is 12.2. The lowest BCUT2D eigenvalue weighted by Crippen LogP contribution is -2.20. The average molecular weight is 288 g/mol. The van der Waals surface area contributed by atoms with E-state index in [4.69, 9.17) is 14.6 Å². The Hall–Kier alpha value is -2.01. The summed E-state index contributed by atoms with van der Waals surface area (Å²) in [5.41, 5.74) is 0. The molecule has 3 rings (SSSR count). The van der Waals surface area contributed by atoms with Gasteiger partial charge in [0.05, 0.1) is 0 Å². The number of anilines is 1. The first-order chi connectivity index (χ1) is 10.3. The number of hydrogen-bond donors (Lipinski definition) is 1. The van der Waals surface area contributed by atoms with Crippen molar-refractivity contribution in [2.24, 2.45) is 0 Å². The van der Waals surface area contributed by atoms with E-state index in [1.807, 2.05) is 31.4 Å². The third kappa shape index (κ3) is 2.88. The van der Waals surface area contributed by atoms with Crippen molar-refractivity contribution in [3.8, 4) is 11.5 Å². The van der Waals surface area contributed by atoms with Crippen LogP contribution in [0.3, 0.4) is 0 Å². The minimum atomic E-state index is 0.264. The standard InChI is InChI=1S/C16H20N2O3/c1-18(7-3-2-4-8-19)16-13-10-15-14(20-11-21-15)9-12(13)5-6-17-16/h5-6,9-10,19H,2-4,7-8,11H2,1H3. The second kappa shape index (κ2) is 6.18. The highest BCUT2D eigenvalue weighted by Gasteiger charge is 2.17. The zero-order chi connectivity index (χ0) is 14.7. The largest absolute Gasteiger partial charge is 0.454 e. The molecule has 0 spiro atoms. The Bertz CT molecular complexity index is 630. The fraction of sp³-hybridized carbons (Fsp3) is 0.438. The van der Waals surface area contributed by atoms with Gasteiger partial charge in [-0.2, -0.15) is 0 Å². The molecule has 1 aromatic heterocycles. The van der Waals surface area contributed by atoms with Gasteiger partial charge in [-0.3, -0.25) is 0 Å². The maximum atomic E-state index is 8.83. The number of aliphatic hydroxyl groups is 1. The summed E-state index contributed by atoms with van der Waals surface area (Å²) in [4.78, 5) is 6.67. The molecule has 1 aliphatic rings. The van der Waals surface area contributed by atoms with E-state index in [1.165, 1.54) is 0 Å². The number of aromatic nitrogens is 1. The van der Waals surface area contributed by atoms with E-state index in [-0.39, 0.29) is 13.4 Å². The van der Waals surface area contributed by atoms with Crippen LogP contribution >= 0.6 is 0 Å². The lowest BCUT2D eigenvalue weighted by Gasteiger charge is -2.20. The summed E-state index contributed by atoms with van der Waals surface area (Å²) in [6, 6.07) is 5.99. The van der Waals surface area contributed by atoms with Crippen molar-refractivity contribution in [3.05, 3.63) is 24.4 Å². The third-order valence-electron chi connectivity index (χ3n) is 3.75. The summed E-state index contributed by atoms with van der Waals surface area (Å²) in [7, 11) is 2.05. The molecule has 0 unspecified atom stereocenters. The second-order valence-electron chi connectivity index (χ2n) is 5.27. The summed E-state index contributed by atoms with van der Waals surface area (Å²) in [5.74, 6) is 2.53. The molecule has 0 amide bonds. The van der Waals surface area contributed by atoms with Crippen molar-refractivity contribution in [1.82, 2.24) is 4.98 Å². The number of ether oxygens (including phenoxy) is 2. The van der Waals surface area contributed by atoms with Crippen molar-refractivity contribution in [3.63, 3.8) is 0 Å². The molecule has 112 valence electrons. The number of benzene rings is 1. The Morgan fingerprint density at radius 1 is 1.19 bits per heavy atom. The Morgan fingerprint density at radius 2 is 2.00 bits per heavy atom. The first-order valence-electron chi connectivity index (χ1n) is 7.30. The van der Waals surface area contributed by atoms with Gasteiger partial charge in [-0.05, 0) is 42.8 Å². The highest BCUT2D eigenvalue weighted by molar-refractivity contribution is 5.94. The Balaban J connectivity index is 1.84. The molecule has 2 heterocycles. The van der Waals surface area contributed by atoms with Crippen molar-refractivity contribution in [2.75, 3.05) is 31.9 Å². The number of nitrogens with zero attached hydrogens (tertiary/aromatic N) is 2. The molecule has 2 aromatic rings. The quantitative estimate of drug-likeness (QED) is 0.828. The van der Waals surface area contributed by atoms with Gasteiger partial charge in [-0.1, -0.05) is 0 Å². The molecule has 0 aliphatic carbocycles. The molecular formula is C16H20N2O3. The van der Waals surface area contributed by atoms with Crippen LogP contribution in [0, 0.1) is 0 Å². The van der Waals surface area contributed by atoms with Crippen molar-refractivity contribution >= 4 is 16.6 Å². The molecule has 21 heavy (non-hydrogen) atoms. The van der Waals surface area contributed by atoms with Gasteiger partial charge < -0.3 is 19.5 Å². The molecule has 5 nitrogen and oxygen atoms in total. The first-order valence-corrected chi connectivity index (χ1v) is 7.30. The minimum Gasteiger partial charge on any atom is -0.454 e. The van der Waals surface area contributed by atoms with Crippen LogP contribution in [0.2, 0.25) is 0 Å². The van der Waals surface area contributed by atoms with E-state index in [0.717, 1.165) is 53.9 Å². The highest BCUT2D eigenvalue weighted by Crippen LogP contribution is 2.38. The molecule has 0 saturated heterocycles. The smallest absolute Gasteiger partial charge is 0.231 e. The van der Waals surface area contributed by atoms with Crippen LogP contribution in [0.15, 0.2) is 24.4 Å². The number of pyridine rings is 1. The monoisotopic (exact) mass is 288 g/mol. The van der Waals surface area contributed by atoms with Crippen LogP contribution in [0.5, 0.6) is 11.5 Å². The Kier molecular flexibility index (Phi) is 4.10. The van der Waals surface area contributed by atoms with Crippen molar-refractivity contribution in [2.45, 2.75) is 19.3 Å². The van der Waals surface area contributed by atoms with Crippen LogP contribution in [-0.2, 0) is 0 Å². The fourth-order valence-corrected chi connectivity index (χ4v) is 2.59. The zero-order valence-corrected chi connectivity index (χ0v) is 12.2. The molecular weight excluding hydrogens is 268 g/mol. The fourth-order valence-electron chi connectivity index (χ4n) is 2.59. The van der Waals surface area contributed by atoms with Crippen LogP contribution in [0.4, 0.5) is 5.82 Å². The molecule has 1 aliphatic heterocycles. The second-order valence-corrected chi connectivity index (χ2v) is 5.27. The van der Waals surface area contributed by atoms with Crippen LogP contribution in [0.1, 0.15) is 19.3 Å². The Labute approximate surface area is 124 Å². The normalized spacial score (nSPS) is 12.9. The molecule has 0 fully saturated rings. The summed E-state index contributed by atoms with van der Waals surface area (Å²) in [5, 5.41) is 11.0. The minimum absolute atomic E-state index is 0.264. The number of aliphatic hydroxyl groups excluding tert-OH is 1. The summed E-state index contributed by atoms with van der Waals surface area (Å²) >= 11 is 0. The number of hydrogen-bond acceptors (Lipinski definition) is 5. The van der Waals surface area contributed by atoms with E-state index < -0.39 is 0 Å². The van der Waals surface area contributed by atoms with E-state index in [0.29, 0.717) is 0 Å². The number of unbranched alkanes of at least 4 members (excludes halogenated alkanes) is 2. The SMILES string of the molecule is CN(CCCCCO)c1nccc2cc3c(cc12)OCO3. The molecule has 1 aromatic carbocycles. The number of rotatable bonds is 6. The van der Waals surface area contributed by atoms with Gasteiger partial charge in [-0.25, -0.2) is 4.98 Å². The van der Waals surface area contributed by atoms with Gasteiger partial charge in [0.1, 0.15) is 5.82 Å².